The molecule has 0 bridgehead atoms. The lowest BCUT2D eigenvalue weighted by molar-refractivity contribution is 0.215. The number of halogens is 2. The van der Waals surface area contributed by atoms with Gasteiger partial charge in [-0.1, -0.05) is 13.8 Å². The first-order valence-corrected chi connectivity index (χ1v) is 10.3. The van der Waals surface area contributed by atoms with Crippen molar-refractivity contribution >= 4 is 34.8 Å². The SMILES string of the molecule is CC(C)[C@H]1CN(Cc2ccc(CN(C)S(C)(=O)=O)o2)C[C@@H]1N(C)C.Cl.Cl. The largest absolute Gasteiger partial charge is 0.463 e. The van der Waals surface area contributed by atoms with E-state index in [2.05, 4.69) is 37.7 Å². The second-order valence-electron chi connectivity index (χ2n) is 7.52. The Balaban J connectivity index is 0.00000312. The van der Waals surface area contributed by atoms with Crippen LogP contribution in [-0.4, -0.2) is 69.1 Å². The number of rotatable bonds is 7. The monoisotopic (exact) mass is 429 g/mol. The summed E-state index contributed by atoms with van der Waals surface area (Å²) in [6.45, 7) is 7.73. The summed E-state index contributed by atoms with van der Waals surface area (Å²) in [4.78, 5) is 4.75. The molecule has 0 spiro atoms. The topological polar surface area (TPSA) is 57.0 Å². The van der Waals surface area contributed by atoms with E-state index in [-0.39, 0.29) is 31.4 Å². The molecule has 1 aliphatic rings. The lowest BCUT2D eigenvalue weighted by atomic mass is 9.91. The second-order valence-corrected chi connectivity index (χ2v) is 9.61. The van der Waals surface area contributed by atoms with E-state index < -0.39 is 10.0 Å². The first-order chi connectivity index (χ1) is 11.1. The molecular formula is C17H33Cl2N3O3S. The van der Waals surface area contributed by atoms with Gasteiger partial charge >= 0.3 is 0 Å². The summed E-state index contributed by atoms with van der Waals surface area (Å²) in [7, 11) is 2.67. The summed E-state index contributed by atoms with van der Waals surface area (Å²) >= 11 is 0. The molecule has 0 aromatic carbocycles. The minimum Gasteiger partial charge on any atom is -0.463 e. The van der Waals surface area contributed by atoms with E-state index in [4.69, 9.17) is 4.42 Å². The van der Waals surface area contributed by atoms with Crippen molar-refractivity contribution in [3.05, 3.63) is 23.7 Å². The molecule has 0 amide bonds. The molecule has 154 valence electrons. The van der Waals surface area contributed by atoms with Crippen molar-refractivity contribution in [2.24, 2.45) is 11.8 Å². The number of hydrogen-bond acceptors (Lipinski definition) is 5. The summed E-state index contributed by atoms with van der Waals surface area (Å²) in [6.07, 6.45) is 1.20. The van der Waals surface area contributed by atoms with Crippen LogP contribution in [0.3, 0.4) is 0 Å². The second kappa shape index (κ2) is 10.3. The van der Waals surface area contributed by atoms with Crippen molar-refractivity contribution in [3.8, 4) is 0 Å². The quantitative estimate of drug-likeness (QED) is 0.666. The first kappa shape index (κ1) is 25.7. The van der Waals surface area contributed by atoms with Crippen LogP contribution >= 0.6 is 24.8 Å². The minimum atomic E-state index is -3.19. The smallest absolute Gasteiger partial charge is 0.211 e. The Morgan fingerprint density at radius 2 is 1.73 bits per heavy atom. The van der Waals surface area contributed by atoms with Gasteiger partial charge in [0.05, 0.1) is 19.3 Å². The van der Waals surface area contributed by atoms with Crippen LogP contribution in [0.5, 0.6) is 0 Å². The molecule has 1 fully saturated rings. The van der Waals surface area contributed by atoms with Crippen molar-refractivity contribution in [1.82, 2.24) is 14.1 Å². The van der Waals surface area contributed by atoms with Crippen LogP contribution in [0.2, 0.25) is 0 Å². The Morgan fingerprint density at radius 3 is 2.19 bits per heavy atom. The maximum absolute atomic E-state index is 11.5. The van der Waals surface area contributed by atoms with Gasteiger partial charge in [-0.15, -0.1) is 24.8 Å². The van der Waals surface area contributed by atoms with E-state index in [9.17, 15) is 8.42 Å². The van der Waals surface area contributed by atoms with Crippen LogP contribution in [0.4, 0.5) is 0 Å². The molecule has 9 heteroatoms. The van der Waals surface area contributed by atoms with Crippen molar-refractivity contribution < 1.29 is 12.8 Å². The van der Waals surface area contributed by atoms with Crippen LogP contribution in [0.1, 0.15) is 25.4 Å². The molecule has 1 aromatic heterocycles. The van der Waals surface area contributed by atoms with Crippen LogP contribution < -0.4 is 0 Å². The summed E-state index contributed by atoms with van der Waals surface area (Å²) in [6, 6.07) is 4.39. The summed E-state index contributed by atoms with van der Waals surface area (Å²) < 4.78 is 30.1. The third-order valence-corrected chi connectivity index (χ3v) is 6.23. The van der Waals surface area contributed by atoms with E-state index in [1.807, 2.05) is 12.1 Å². The zero-order chi connectivity index (χ0) is 18.1. The average Bonchev–Trinajstić information content (AvgIpc) is 3.05. The van der Waals surface area contributed by atoms with Crippen molar-refractivity contribution in [1.29, 1.82) is 0 Å². The van der Waals surface area contributed by atoms with Gasteiger partial charge in [0.25, 0.3) is 0 Å². The zero-order valence-electron chi connectivity index (χ0n) is 16.5. The predicted molar refractivity (Wildman–Crippen MR) is 111 cm³/mol. The molecule has 1 saturated heterocycles. The van der Waals surface area contributed by atoms with Crippen LogP contribution in [0.15, 0.2) is 16.5 Å². The molecule has 1 aliphatic heterocycles. The fourth-order valence-electron chi connectivity index (χ4n) is 3.37. The van der Waals surface area contributed by atoms with E-state index >= 15 is 0 Å². The van der Waals surface area contributed by atoms with Gasteiger partial charge in [-0.3, -0.25) is 4.90 Å². The fraction of sp³-hybridized carbons (Fsp3) is 0.765. The standard InChI is InChI=1S/C17H31N3O3S.2ClH/c1-13(2)16-11-20(12-17(16)18(3)4)10-15-8-7-14(23-15)9-19(5)24(6,21)22;;/h7-8,13,16-17H,9-12H2,1-6H3;2*1H/t16-,17+;;/m1../s1. The predicted octanol–water partition coefficient (Wildman–Crippen LogP) is 2.53. The van der Waals surface area contributed by atoms with Crippen molar-refractivity contribution in [3.63, 3.8) is 0 Å². The molecule has 0 aliphatic carbocycles. The molecule has 0 unspecified atom stereocenters. The number of furan rings is 1. The van der Waals surface area contributed by atoms with Crippen molar-refractivity contribution in [2.45, 2.75) is 33.0 Å². The van der Waals surface area contributed by atoms with Crippen LogP contribution in [0, 0.1) is 11.8 Å². The zero-order valence-corrected chi connectivity index (χ0v) is 19.0. The maximum atomic E-state index is 11.5. The number of nitrogens with zero attached hydrogens (tertiary/aromatic N) is 3. The lowest BCUT2D eigenvalue weighted by Crippen LogP contribution is -2.37. The third kappa shape index (κ3) is 6.69. The normalized spacial score (nSPS) is 21.3. The Morgan fingerprint density at radius 1 is 1.15 bits per heavy atom. The number of hydrogen-bond donors (Lipinski definition) is 0. The summed E-state index contributed by atoms with van der Waals surface area (Å²) in [5.41, 5.74) is 0. The molecule has 2 atom stereocenters. The van der Waals surface area contributed by atoms with Gasteiger partial charge in [0, 0.05) is 26.2 Å². The van der Waals surface area contributed by atoms with Crippen LogP contribution in [-0.2, 0) is 23.1 Å². The molecule has 26 heavy (non-hydrogen) atoms. The highest BCUT2D eigenvalue weighted by Gasteiger charge is 2.36. The maximum Gasteiger partial charge on any atom is 0.211 e. The Hall–Kier alpha value is -0.310. The molecular weight excluding hydrogens is 397 g/mol. The van der Waals surface area contributed by atoms with E-state index in [1.165, 1.54) is 10.6 Å². The van der Waals surface area contributed by atoms with Gasteiger partial charge in [0.1, 0.15) is 11.5 Å². The molecule has 0 radical (unpaired) electrons. The van der Waals surface area contributed by atoms with Crippen molar-refractivity contribution in [2.75, 3.05) is 40.5 Å². The van der Waals surface area contributed by atoms with Gasteiger partial charge in [-0.2, -0.15) is 4.31 Å². The van der Waals surface area contributed by atoms with Gasteiger partial charge in [-0.25, -0.2) is 8.42 Å². The van der Waals surface area contributed by atoms with E-state index in [1.54, 1.807) is 7.05 Å². The van der Waals surface area contributed by atoms with Gasteiger partial charge in [0.15, 0.2) is 0 Å². The first-order valence-electron chi connectivity index (χ1n) is 8.45. The number of likely N-dealkylation sites (tertiary alicyclic amines) is 1. The highest BCUT2D eigenvalue weighted by molar-refractivity contribution is 7.88. The molecule has 0 saturated carbocycles. The molecule has 1 aromatic rings. The Kier molecular flexibility index (Phi) is 10.2. The van der Waals surface area contributed by atoms with Crippen LogP contribution in [0.25, 0.3) is 0 Å². The number of sulfonamides is 1. The number of likely N-dealkylation sites (N-methyl/N-ethyl adjacent to an activating group) is 1. The molecule has 0 N–H and O–H groups in total. The van der Waals surface area contributed by atoms with E-state index in [0.29, 0.717) is 23.6 Å². The molecule has 6 nitrogen and oxygen atoms in total. The fourth-order valence-corrected chi connectivity index (χ4v) is 3.74. The average molecular weight is 430 g/mol. The van der Waals surface area contributed by atoms with Gasteiger partial charge < -0.3 is 9.32 Å². The Labute approximate surface area is 170 Å². The van der Waals surface area contributed by atoms with E-state index in [0.717, 1.165) is 25.4 Å². The summed E-state index contributed by atoms with van der Waals surface area (Å²) in [5.74, 6) is 2.89. The third-order valence-electron chi connectivity index (χ3n) is 4.97. The lowest BCUT2D eigenvalue weighted by Gasteiger charge is -2.27. The molecule has 2 heterocycles. The minimum absolute atomic E-state index is 0. The van der Waals surface area contributed by atoms with Gasteiger partial charge in [0.2, 0.25) is 10.0 Å². The Bertz CT molecular complexity index is 633. The van der Waals surface area contributed by atoms with Gasteiger partial charge in [-0.05, 0) is 38.1 Å². The summed E-state index contributed by atoms with van der Waals surface area (Å²) in [5, 5.41) is 0. The molecule has 2 rings (SSSR count). The highest BCUT2D eigenvalue weighted by Crippen LogP contribution is 2.28. The highest BCUT2D eigenvalue weighted by atomic mass is 35.5.